The second-order valence-corrected chi connectivity index (χ2v) is 10.6. The summed E-state index contributed by atoms with van der Waals surface area (Å²) in [6, 6.07) is 0. The van der Waals surface area contributed by atoms with Crippen LogP contribution in [0.5, 0.6) is 0 Å². The molecule has 3 saturated carbocycles. The number of allylic oxidation sites excluding steroid dienone is 3. The minimum atomic E-state index is -0.660. The Morgan fingerprint density at radius 3 is 2.69 bits per heavy atom. The molecular formula is C26H42O3. The summed E-state index contributed by atoms with van der Waals surface area (Å²) in [5.41, 5.74) is 3.39. The third-order valence-electron chi connectivity index (χ3n) is 7.94. The van der Waals surface area contributed by atoms with Gasteiger partial charge < -0.3 is 14.9 Å². The first kappa shape index (κ1) is 22.8. The molecule has 0 aromatic heterocycles. The van der Waals surface area contributed by atoms with Crippen LogP contribution in [0.1, 0.15) is 85.5 Å². The number of aliphatic hydroxyl groups is 2. The monoisotopic (exact) mass is 402 g/mol. The van der Waals surface area contributed by atoms with Crippen LogP contribution in [0.2, 0.25) is 0 Å². The minimum absolute atomic E-state index is 0.235. The van der Waals surface area contributed by atoms with Crippen molar-refractivity contribution in [3.05, 3.63) is 35.5 Å². The number of fused-ring (bicyclic) bond motifs is 1. The van der Waals surface area contributed by atoms with Gasteiger partial charge in [-0.2, -0.15) is 0 Å². The smallest absolute Gasteiger partial charge is 0.0787 e. The van der Waals surface area contributed by atoms with Gasteiger partial charge in [0.15, 0.2) is 0 Å². The maximum absolute atomic E-state index is 10.1. The zero-order chi connectivity index (χ0) is 21.2. The second-order valence-electron chi connectivity index (χ2n) is 10.6. The summed E-state index contributed by atoms with van der Waals surface area (Å²) >= 11 is 0. The number of ether oxygens (including phenoxy) is 1. The summed E-state index contributed by atoms with van der Waals surface area (Å²) in [5.74, 6) is 1.22. The molecule has 0 aliphatic heterocycles. The Bertz CT molecular complexity index is 653. The zero-order valence-corrected chi connectivity index (χ0v) is 19.0. The number of hydrogen-bond acceptors (Lipinski definition) is 3. The van der Waals surface area contributed by atoms with Crippen LogP contribution in [-0.2, 0) is 4.74 Å². The molecule has 5 atom stereocenters. The van der Waals surface area contributed by atoms with Gasteiger partial charge in [0.05, 0.1) is 17.8 Å². The summed E-state index contributed by atoms with van der Waals surface area (Å²) in [5, 5.41) is 20.1. The van der Waals surface area contributed by atoms with Crippen molar-refractivity contribution >= 4 is 0 Å². The summed E-state index contributed by atoms with van der Waals surface area (Å²) in [6.45, 7) is 13.2. The standard InChI is InChI=1S/C26H42O3/c1-18-20(8-6-10-24(18)27)11-12-21-9-7-15-26(5)22(13-14-23(21)26)19(2)29-17-16-25(3,4)28/h11-12,19,22-24,27-28H,1,6-10,13-17H2,2-5H3/b20-11-,21-12+/t19-,22+,23?,24-,26+/m0/s1. The molecule has 0 aromatic carbocycles. The normalized spacial score (nSPS) is 37.2. The Kier molecular flexibility index (Phi) is 7.13. The molecule has 1 unspecified atom stereocenters. The van der Waals surface area contributed by atoms with Gasteiger partial charge >= 0.3 is 0 Å². The van der Waals surface area contributed by atoms with Crippen LogP contribution in [0.15, 0.2) is 35.5 Å². The van der Waals surface area contributed by atoms with Crippen LogP contribution in [-0.4, -0.2) is 34.6 Å². The van der Waals surface area contributed by atoms with Crippen molar-refractivity contribution in [2.75, 3.05) is 6.61 Å². The molecule has 0 radical (unpaired) electrons. The predicted molar refractivity (Wildman–Crippen MR) is 120 cm³/mol. The van der Waals surface area contributed by atoms with Gasteiger partial charge in [-0.05, 0) is 107 Å². The van der Waals surface area contributed by atoms with E-state index >= 15 is 0 Å². The predicted octanol–water partition coefficient (Wildman–Crippen LogP) is 5.72. The molecule has 0 bridgehead atoms. The molecule has 3 rings (SSSR count). The van der Waals surface area contributed by atoms with Gasteiger partial charge in [0.25, 0.3) is 0 Å². The van der Waals surface area contributed by atoms with Crippen LogP contribution in [0.25, 0.3) is 0 Å². The number of aliphatic hydroxyl groups excluding tert-OH is 1. The highest BCUT2D eigenvalue weighted by atomic mass is 16.5. The maximum atomic E-state index is 10.1. The third kappa shape index (κ3) is 5.24. The molecule has 164 valence electrons. The van der Waals surface area contributed by atoms with Crippen molar-refractivity contribution in [1.29, 1.82) is 0 Å². The first-order chi connectivity index (χ1) is 13.6. The third-order valence-corrected chi connectivity index (χ3v) is 7.94. The quantitative estimate of drug-likeness (QED) is 0.597. The fraction of sp³-hybridized carbons (Fsp3) is 0.769. The Hall–Kier alpha value is -0.900. The van der Waals surface area contributed by atoms with E-state index in [4.69, 9.17) is 4.74 Å². The lowest BCUT2D eigenvalue weighted by atomic mass is 9.62. The molecule has 3 aliphatic carbocycles. The van der Waals surface area contributed by atoms with Crippen molar-refractivity contribution < 1.29 is 14.9 Å². The lowest BCUT2D eigenvalue weighted by molar-refractivity contribution is -0.0454. The van der Waals surface area contributed by atoms with Crippen molar-refractivity contribution in [1.82, 2.24) is 0 Å². The highest BCUT2D eigenvalue weighted by Crippen LogP contribution is 2.58. The molecule has 0 aromatic rings. The Balaban J connectivity index is 1.68. The Morgan fingerprint density at radius 2 is 1.97 bits per heavy atom. The first-order valence-corrected chi connectivity index (χ1v) is 11.7. The average Bonchev–Trinajstić information content (AvgIpc) is 2.99. The largest absolute Gasteiger partial charge is 0.390 e. The van der Waals surface area contributed by atoms with Gasteiger partial charge in [-0.25, -0.2) is 0 Å². The Morgan fingerprint density at radius 1 is 1.21 bits per heavy atom. The van der Waals surface area contributed by atoms with Crippen LogP contribution in [0, 0.1) is 17.3 Å². The number of hydrogen-bond donors (Lipinski definition) is 2. The lowest BCUT2D eigenvalue weighted by Gasteiger charge is -2.44. The SMILES string of the molecule is C=C1/C(=C\C=C2/CCC[C@@]3(C)C2CC[C@@H]3[C@H](C)OCCC(C)(C)O)CCC[C@@H]1O. The lowest BCUT2D eigenvalue weighted by Crippen LogP contribution is -2.39. The summed E-state index contributed by atoms with van der Waals surface area (Å²) in [6.07, 6.45) is 14.3. The van der Waals surface area contributed by atoms with Gasteiger partial charge in [0.1, 0.15) is 0 Å². The molecule has 0 saturated heterocycles. The molecule has 29 heavy (non-hydrogen) atoms. The van der Waals surface area contributed by atoms with Gasteiger partial charge in [-0.1, -0.05) is 31.2 Å². The summed E-state index contributed by atoms with van der Waals surface area (Å²) < 4.78 is 6.20. The van der Waals surface area contributed by atoms with E-state index in [1.807, 2.05) is 13.8 Å². The zero-order valence-electron chi connectivity index (χ0n) is 19.0. The molecule has 0 heterocycles. The summed E-state index contributed by atoms with van der Waals surface area (Å²) in [7, 11) is 0. The topological polar surface area (TPSA) is 49.7 Å². The van der Waals surface area contributed by atoms with E-state index in [1.54, 1.807) is 5.57 Å². The van der Waals surface area contributed by atoms with Crippen molar-refractivity contribution in [2.45, 2.75) is 103 Å². The minimum Gasteiger partial charge on any atom is -0.390 e. The van der Waals surface area contributed by atoms with Crippen LogP contribution in [0.3, 0.4) is 0 Å². The van der Waals surface area contributed by atoms with Crippen molar-refractivity contribution in [3.8, 4) is 0 Å². The molecule has 2 N–H and O–H groups in total. The maximum Gasteiger partial charge on any atom is 0.0787 e. The van der Waals surface area contributed by atoms with Gasteiger partial charge in [0.2, 0.25) is 0 Å². The highest BCUT2D eigenvalue weighted by molar-refractivity contribution is 5.37. The molecule has 0 spiro atoms. The molecule has 0 amide bonds. The van der Waals surface area contributed by atoms with Crippen molar-refractivity contribution in [3.63, 3.8) is 0 Å². The van der Waals surface area contributed by atoms with E-state index in [2.05, 4.69) is 32.6 Å². The average molecular weight is 403 g/mol. The van der Waals surface area contributed by atoms with Gasteiger partial charge in [0, 0.05) is 6.61 Å². The number of rotatable bonds is 6. The van der Waals surface area contributed by atoms with E-state index in [0.717, 1.165) is 24.8 Å². The van der Waals surface area contributed by atoms with E-state index in [-0.39, 0.29) is 12.2 Å². The Labute approximate surface area is 177 Å². The van der Waals surface area contributed by atoms with Crippen LogP contribution >= 0.6 is 0 Å². The van der Waals surface area contributed by atoms with Gasteiger partial charge in [-0.15, -0.1) is 0 Å². The molecule has 3 fully saturated rings. The first-order valence-electron chi connectivity index (χ1n) is 11.7. The molecular weight excluding hydrogens is 360 g/mol. The molecule has 3 nitrogen and oxygen atoms in total. The van der Waals surface area contributed by atoms with E-state index < -0.39 is 5.60 Å². The van der Waals surface area contributed by atoms with E-state index in [9.17, 15) is 10.2 Å². The second kappa shape index (κ2) is 9.08. The fourth-order valence-electron chi connectivity index (χ4n) is 6.09. The molecule has 3 aliphatic rings. The summed E-state index contributed by atoms with van der Waals surface area (Å²) in [4.78, 5) is 0. The molecule has 3 heteroatoms. The van der Waals surface area contributed by atoms with Gasteiger partial charge in [-0.3, -0.25) is 0 Å². The fourth-order valence-corrected chi connectivity index (χ4v) is 6.09. The van der Waals surface area contributed by atoms with Crippen LogP contribution < -0.4 is 0 Å². The van der Waals surface area contributed by atoms with Crippen LogP contribution in [0.4, 0.5) is 0 Å². The van der Waals surface area contributed by atoms with Crippen molar-refractivity contribution in [2.24, 2.45) is 17.3 Å². The van der Waals surface area contributed by atoms with E-state index in [0.29, 0.717) is 30.3 Å². The highest BCUT2D eigenvalue weighted by Gasteiger charge is 2.51. The van der Waals surface area contributed by atoms with E-state index in [1.165, 1.54) is 37.7 Å².